The molecule has 13 heteroatoms. The topological polar surface area (TPSA) is 139 Å². The van der Waals surface area contributed by atoms with E-state index in [-0.39, 0.29) is 43.9 Å². The molecule has 12 nitrogen and oxygen atoms in total. The van der Waals surface area contributed by atoms with Gasteiger partial charge in [-0.1, -0.05) is 0 Å². The van der Waals surface area contributed by atoms with E-state index in [1.807, 2.05) is 12.1 Å². The predicted molar refractivity (Wildman–Crippen MR) is 169 cm³/mol. The Labute approximate surface area is 266 Å². The fourth-order valence-electron chi connectivity index (χ4n) is 6.28. The highest BCUT2D eigenvalue weighted by atomic mass is 19.1. The molecule has 1 amide bonds. The van der Waals surface area contributed by atoms with Gasteiger partial charge in [-0.25, -0.2) is 14.4 Å². The molecule has 0 radical (unpaired) electrons. The van der Waals surface area contributed by atoms with Crippen molar-refractivity contribution in [3.8, 4) is 23.2 Å². The largest absolute Gasteiger partial charge is 0.486 e. The van der Waals surface area contributed by atoms with Crippen LogP contribution in [0.1, 0.15) is 12.0 Å². The molecule has 2 atom stereocenters. The van der Waals surface area contributed by atoms with E-state index in [0.29, 0.717) is 23.2 Å². The number of aromatic nitrogens is 2. The second kappa shape index (κ2) is 12.8. The molecule has 4 aliphatic rings. The molecule has 3 N–H and O–H groups in total. The number of anilines is 3. The number of carbonyl (C=O) groups excluding carboxylic acids is 1. The zero-order chi connectivity index (χ0) is 31.7. The molecule has 0 unspecified atom stereocenters. The van der Waals surface area contributed by atoms with Crippen LogP contribution in [0.3, 0.4) is 0 Å². The number of hydrogen-bond acceptors (Lipinski definition) is 11. The minimum absolute atomic E-state index is 0.169. The first kappa shape index (κ1) is 30.3. The number of piperidine rings is 1. The number of hydrogen-bond donors (Lipinski definition) is 3. The first-order valence-electron chi connectivity index (χ1n) is 15.7. The van der Waals surface area contributed by atoms with Crippen LogP contribution in [-0.2, 0) is 9.53 Å². The van der Waals surface area contributed by atoms with Crippen molar-refractivity contribution in [3.63, 3.8) is 0 Å². The molecule has 2 aromatic carbocycles. The molecular formula is C33H37FN8O4. The minimum atomic E-state index is -1.46. The van der Waals surface area contributed by atoms with E-state index < -0.39 is 23.8 Å². The molecule has 7 rings (SSSR count). The Morgan fingerprint density at radius 3 is 2.54 bits per heavy atom. The van der Waals surface area contributed by atoms with E-state index in [0.717, 1.165) is 45.1 Å². The van der Waals surface area contributed by atoms with E-state index in [4.69, 9.17) is 9.47 Å². The van der Waals surface area contributed by atoms with Crippen molar-refractivity contribution in [2.75, 3.05) is 75.8 Å². The summed E-state index contributed by atoms with van der Waals surface area (Å²) >= 11 is 0. The molecule has 0 saturated carbocycles. The second-order valence-electron chi connectivity index (χ2n) is 12.3. The number of amides is 1. The number of carbonyl (C=O) groups is 1. The van der Waals surface area contributed by atoms with Gasteiger partial charge in [0.25, 0.3) is 5.91 Å². The fraction of sp³-hybridized carbons (Fsp3) is 0.455. The molecule has 0 spiro atoms. The summed E-state index contributed by atoms with van der Waals surface area (Å²) in [5.41, 5.74) is 1.48. The van der Waals surface area contributed by atoms with Crippen molar-refractivity contribution in [1.82, 2.24) is 25.1 Å². The zero-order valence-corrected chi connectivity index (χ0v) is 25.4. The number of nitrogens with one attached hydrogen (secondary N) is 2. The highest BCUT2D eigenvalue weighted by Gasteiger charge is 2.47. The van der Waals surface area contributed by atoms with Gasteiger partial charge in [0.15, 0.2) is 17.6 Å². The van der Waals surface area contributed by atoms with Gasteiger partial charge in [0.2, 0.25) is 0 Å². The number of alkyl halides is 1. The number of nitriles is 1. The van der Waals surface area contributed by atoms with Gasteiger partial charge in [0, 0.05) is 75.4 Å². The molecule has 4 fully saturated rings. The van der Waals surface area contributed by atoms with Crippen molar-refractivity contribution in [1.29, 1.82) is 5.26 Å². The normalized spacial score (nSPS) is 23.2. The van der Waals surface area contributed by atoms with Crippen LogP contribution >= 0.6 is 0 Å². The maximum absolute atomic E-state index is 15.1. The Bertz CT molecular complexity index is 1600. The van der Waals surface area contributed by atoms with Crippen molar-refractivity contribution in [2.45, 2.75) is 30.3 Å². The Kier molecular flexibility index (Phi) is 8.44. The summed E-state index contributed by atoms with van der Waals surface area (Å²) in [7, 11) is 0. The van der Waals surface area contributed by atoms with Crippen molar-refractivity contribution in [3.05, 3.63) is 60.3 Å². The summed E-state index contributed by atoms with van der Waals surface area (Å²) in [5.74, 6) is 0.829. The van der Waals surface area contributed by atoms with Crippen LogP contribution in [0, 0.1) is 11.3 Å². The Morgan fingerprint density at radius 2 is 1.89 bits per heavy atom. The number of likely N-dealkylation sites (tertiary alicyclic amines) is 1. The number of β-amino-alcohol motifs (C(OH)–C–C–N with tert-alkyl or cyclic N) is 1. The smallest absolute Gasteiger partial charge is 0.257 e. The van der Waals surface area contributed by atoms with Gasteiger partial charge in [0.05, 0.1) is 31.4 Å². The van der Waals surface area contributed by atoms with Crippen LogP contribution in [0.15, 0.2) is 54.7 Å². The van der Waals surface area contributed by atoms with Crippen LogP contribution in [0.5, 0.6) is 5.75 Å². The van der Waals surface area contributed by atoms with Crippen LogP contribution in [0.4, 0.5) is 21.6 Å². The van der Waals surface area contributed by atoms with Gasteiger partial charge in [0.1, 0.15) is 23.7 Å². The van der Waals surface area contributed by atoms with Gasteiger partial charge in [-0.2, -0.15) is 5.26 Å². The lowest BCUT2D eigenvalue weighted by molar-refractivity contribution is -0.160. The van der Waals surface area contributed by atoms with Gasteiger partial charge in [-0.15, -0.1) is 0 Å². The molecular weight excluding hydrogens is 591 g/mol. The number of nitrogens with zero attached hydrogens (tertiary/aromatic N) is 6. The van der Waals surface area contributed by atoms with E-state index >= 15 is 4.39 Å². The molecule has 0 aliphatic carbocycles. The average molecular weight is 629 g/mol. The van der Waals surface area contributed by atoms with Crippen molar-refractivity contribution < 1.29 is 23.8 Å². The van der Waals surface area contributed by atoms with E-state index in [1.165, 1.54) is 10.6 Å². The Morgan fingerprint density at radius 1 is 1.11 bits per heavy atom. The predicted octanol–water partition coefficient (Wildman–Crippen LogP) is 1.93. The second-order valence-corrected chi connectivity index (χ2v) is 12.3. The average Bonchev–Trinajstić information content (AvgIpc) is 3.04. The molecule has 0 bridgehead atoms. The van der Waals surface area contributed by atoms with Gasteiger partial charge >= 0.3 is 0 Å². The van der Waals surface area contributed by atoms with E-state index in [9.17, 15) is 15.2 Å². The number of benzene rings is 2. The molecule has 3 aromatic rings. The summed E-state index contributed by atoms with van der Waals surface area (Å²) in [6.07, 6.45) is -0.383. The maximum Gasteiger partial charge on any atom is 0.257 e. The van der Waals surface area contributed by atoms with E-state index in [2.05, 4.69) is 48.6 Å². The first-order chi connectivity index (χ1) is 22.4. The van der Waals surface area contributed by atoms with Gasteiger partial charge in [-0.05, 0) is 48.5 Å². The van der Waals surface area contributed by atoms with Gasteiger partial charge in [-0.3, -0.25) is 9.69 Å². The lowest BCUT2D eigenvalue weighted by atomic mass is 9.93. The van der Waals surface area contributed by atoms with Crippen molar-refractivity contribution in [2.24, 2.45) is 0 Å². The van der Waals surface area contributed by atoms with Crippen molar-refractivity contribution >= 4 is 23.1 Å². The number of rotatable bonds is 8. The van der Waals surface area contributed by atoms with Gasteiger partial charge < -0.3 is 35.0 Å². The Hall–Kier alpha value is -4.35. The lowest BCUT2D eigenvalue weighted by Crippen LogP contribution is -2.69. The third kappa shape index (κ3) is 6.21. The molecule has 240 valence electrons. The fourth-order valence-corrected chi connectivity index (χ4v) is 6.28. The molecule has 4 aliphatic heterocycles. The minimum Gasteiger partial charge on any atom is -0.486 e. The van der Waals surface area contributed by atoms with E-state index in [1.54, 1.807) is 30.5 Å². The highest BCUT2D eigenvalue weighted by molar-refractivity contribution is 5.87. The van der Waals surface area contributed by atoms with Crippen LogP contribution in [-0.4, -0.2) is 120 Å². The zero-order valence-electron chi connectivity index (χ0n) is 25.4. The number of piperazine rings is 1. The number of ether oxygens (including phenoxy) is 2. The standard InChI is InChI=1S/C33H37FN8O4/c34-27-17-42(32(43)33(44)20-36-21-33)10-8-29(27)46-28-6-1-22(15-23(28)16-35)31-37-9-7-30(39-31)38-24-2-4-25(5-3-24)40-11-13-41(14-12-40)26-18-45-19-26/h1-7,9,15,26-27,29,36,44H,8,10-14,17-21H2,(H,37,38,39)/t27-,29+/m1/s1. The highest BCUT2D eigenvalue weighted by Crippen LogP contribution is 2.30. The summed E-state index contributed by atoms with van der Waals surface area (Å²) in [5, 5.41) is 26.4. The summed E-state index contributed by atoms with van der Waals surface area (Å²) < 4.78 is 26.4. The molecule has 1 aromatic heterocycles. The summed E-state index contributed by atoms with van der Waals surface area (Å²) in [4.78, 5) is 27.9. The molecule has 5 heterocycles. The monoisotopic (exact) mass is 628 g/mol. The van der Waals surface area contributed by atoms with Crippen LogP contribution in [0.25, 0.3) is 11.4 Å². The maximum atomic E-state index is 15.1. The Balaban J connectivity index is 0.964. The van der Waals surface area contributed by atoms with Crippen LogP contribution in [0.2, 0.25) is 0 Å². The molecule has 46 heavy (non-hydrogen) atoms. The summed E-state index contributed by atoms with van der Waals surface area (Å²) in [6.45, 7) is 6.19. The summed E-state index contributed by atoms with van der Waals surface area (Å²) in [6, 6.07) is 17.8. The van der Waals surface area contributed by atoms with Crippen LogP contribution < -0.4 is 20.3 Å². The lowest BCUT2D eigenvalue weighted by Gasteiger charge is -2.43. The first-order valence-corrected chi connectivity index (χ1v) is 15.7. The SMILES string of the molecule is N#Cc1cc(-c2nccc(Nc3ccc(N4CCN(C5COC5)CC4)cc3)n2)ccc1O[C@H]1CCN(C(=O)C2(O)CNC2)C[C@H]1F. The quantitative estimate of drug-likeness (QED) is 0.337. The molecule has 4 saturated heterocycles. The number of halogens is 1. The third-order valence-corrected chi connectivity index (χ3v) is 9.25. The third-order valence-electron chi connectivity index (χ3n) is 9.25. The number of aliphatic hydroxyl groups is 1.